The molecule has 0 amide bonds. The average molecular weight is 492 g/mol. The quantitative estimate of drug-likeness (QED) is 0.195. The third kappa shape index (κ3) is 7.86. The van der Waals surface area contributed by atoms with Crippen molar-refractivity contribution in [3.8, 4) is 5.75 Å². The first-order valence-corrected chi connectivity index (χ1v) is 13.2. The second kappa shape index (κ2) is 13.0. The number of benzene rings is 2. The summed E-state index contributed by atoms with van der Waals surface area (Å²) < 4.78 is 26.6. The molecule has 182 valence electrons. The molecule has 2 aromatic carbocycles. The Morgan fingerprint density at radius 1 is 1.03 bits per heavy atom. The lowest BCUT2D eigenvalue weighted by atomic mass is 10.1. The number of rotatable bonds is 13. The van der Waals surface area contributed by atoms with Gasteiger partial charge in [0.05, 0.1) is 0 Å². The zero-order valence-corrected chi connectivity index (χ0v) is 20.7. The molecule has 0 aliphatic carbocycles. The Labute approximate surface area is 210 Å². The molecule has 0 saturated carbocycles. The summed E-state index contributed by atoms with van der Waals surface area (Å²) in [5.41, 5.74) is 2.89. The highest BCUT2D eigenvalue weighted by molar-refractivity contribution is 7.98. The molecule has 7 heteroatoms. The molecule has 0 bridgehead atoms. The van der Waals surface area contributed by atoms with E-state index in [9.17, 15) is 4.39 Å². The molecule has 0 N–H and O–H groups in total. The van der Waals surface area contributed by atoms with E-state index in [2.05, 4.69) is 39.1 Å². The molecular formula is C28H30FN3O2S. The van der Waals surface area contributed by atoms with E-state index >= 15 is 0 Å². The molecule has 0 atom stereocenters. The van der Waals surface area contributed by atoms with Crippen LogP contribution in [0.15, 0.2) is 71.6 Å². The highest BCUT2D eigenvalue weighted by atomic mass is 32.2. The summed E-state index contributed by atoms with van der Waals surface area (Å²) in [4.78, 5) is 8.88. The number of oxazole rings is 1. The maximum Gasteiger partial charge on any atom is 0.218 e. The van der Waals surface area contributed by atoms with Crippen LogP contribution in [-0.4, -0.2) is 26.5 Å². The first-order valence-electron chi connectivity index (χ1n) is 11.8. The topological polar surface area (TPSA) is 53.1 Å². The van der Waals surface area contributed by atoms with Crippen LogP contribution < -0.4 is 4.74 Å². The number of thioether (sulfide) groups is 1. The fourth-order valence-electron chi connectivity index (χ4n) is 3.69. The summed E-state index contributed by atoms with van der Waals surface area (Å²) in [6.45, 7) is 1.35. The lowest BCUT2D eigenvalue weighted by Crippen LogP contribution is -2.05. The minimum Gasteiger partial charge on any atom is -0.487 e. The van der Waals surface area contributed by atoms with E-state index in [0.29, 0.717) is 18.2 Å². The lowest BCUT2D eigenvalue weighted by molar-refractivity contribution is 0.301. The second-order valence-corrected chi connectivity index (χ2v) is 9.22. The number of unbranched alkanes of at least 4 members (excludes halogenated alkanes) is 1. The van der Waals surface area contributed by atoms with Gasteiger partial charge in [0.2, 0.25) is 5.89 Å². The van der Waals surface area contributed by atoms with E-state index in [-0.39, 0.29) is 5.82 Å². The summed E-state index contributed by atoms with van der Waals surface area (Å²) in [7, 11) is 0. The van der Waals surface area contributed by atoms with E-state index in [1.54, 1.807) is 24.5 Å². The molecule has 5 nitrogen and oxygen atoms in total. The van der Waals surface area contributed by atoms with Gasteiger partial charge in [-0.2, -0.15) is 11.8 Å². The minimum absolute atomic E-state index is 0.257. The van der Waals surface area contributed by atoms with Crippen LogP contribution in [0.2, 0.25) is 0 Å². The van der Waals surface area contributed by atoms with Gasteiger partial charge in [-0.1, -0.05) is 24.3 Å². The summed E-state index contributed by atoms with van der Waals surface area (Å²) in [6.07, 6.45) is 15.6. The van der Waals surface area contributed by atoms with Crippen LogP contribution in [0.1, 0.15) is 41.4 Å². The second-order valence-electron chi connectivity index (χ2n) is 8.23. The summed E-state index contributed by atoms with van der Waals surface area (Å²) >= 11 is 1.86. The van der Waals surface area contributed by atoms with Gasteiger partial charge in [-0.3, -0.25) is 0 Å². The van der Waals surface area contributed by atoms with Gasteiger partial charge in [-0.25, -0.2) is 14.4 Å². The van der Waals surface area contributed by atoms with Crippen LogP contribution in [-0.2, 0) is 26.0 Å². The van der Waals surface area contributed by atoms with Crippen molar-refractivity contribution in [2.75, 3.05) is 12.0 Å². The van der Waals surface area contributed by atoms with Gasteiger partial charge in [0, 0.05) is 37.2 Å². The molecule has 0 aliphatic heterocycles. The van der Waals surface area contributed by atoms with Gasteiger partial charge in [0.15, 0.2) is 0 Å². The maximum absolute atomic E-state index is 13.0. The Kier molecular flexibility index (Phi) is 9.17. The number of ether oxygens (including phenoxy) is 1. The Bertz CT molecular complexity index is 1200. The van der Waals surface area contributed by atoms with Crippen molar-refractivity contribution < 1.29 is 13.5 Å². The predicted octanol–water partition coefficient (Wildman–Crippen LogP) is 6.69. The maximum atomic E-state index is 13.0. The number of halogens is 1. The average Bonchev–Trinajstić information content (AvgIpc) is 3.53. The number of hydrogen-bond acceptors (Lipinski definition) is 5. The number of aryl methyl sites for hydroxylation is 3. The summed E-state index contributed by atoms with van der Waals surface area (Å²) in [5.74, 6) is 3.32. The Balaban J connectivity index is 1.18. The fourth-order valence-corrected chi connectivity index (χ4v) is 4.08. The first-order chi connectivity index (χ1) is 17.2. The van der Waals surface area contributed by atoms with Crippen LogP contribution in [0.3, 0.4) is 0 Å². The van der Waals surface area contributed by atoms with Crippen molar-refractivity contribution >= 4 is 23.9 Å². The van der Waals surface area contributed by atoms with Crippen molar-refractivity contribution in [3.63, 3.8) is 0 Å². The predicted molar refractivity (Wildman–Crippen MR) is 140 cm³/mol. The molecule has 2 heterocycles. The van der Waals surface area contributed by atoms with Gasteiger partial charge >= 0.3 is 0 Å². The van der Waals surface area contributed by atoms with E-state index in [4.69, 9.17) is 9.15 Å². The van der Waals surface area contributed by atoms with Crippen LogP contribution >= 0.6 is 11.8 Å². The molecule has 0 unspecified atom stereocenters. The Hall–Kier alpha value is -3.32. The minimum atomic E-state index is -0.257. The third-order valence-corrected chi connectivity index (χ3v) is 6.23. The van der Waals surface area contributed by atoms with Crippen LogP contribution in [0.25, 0.3) is 12.2 Å². The van der Waals surface area contributed by atoms with E-state index < -0.39 is 0 Å². The summed E-state index contributed by atoms with van der Waals surface area (Å²) in [6, 6.07) is 14.5. The number of nitrogens with zero attached hydrogens (tertiary/aromatic N) is 3. The number of imidazole rings is 1. The van der Waals surface area contributed by atoms with Crippen molar-refractivity contribution in [2.24, 2.45) is 0 Å². The Morgan fingerprint density at radius 2 is 1.86 bits per heavy atom. The van der Waals surface area contributed by atoms with Crippen molar-refractivity contribution in [1.82, 2.24) is 14.5 Å². The Morgan fingerprint density at radius 3 is 2.66 bits per heavy atom. The normalized spacial score (nSPS) is 11.4. The first kappa shape index (κ1) is 24.8. The SMILES string of the molecule is CSCCc1nccn1CCCCc1ccc(OCc2coc(/C=C/c3ccc(F)cc3)n2)cc1. The van der Waals surface area contributed by atoms with Gasteiger partial charge in [-0.15, -0.1) is 0 Å². The molecule has 4 rings (SSSR count). The van der Waals surface area contributed by atoms with Gasteiger partial charge < -0.3 is 13.7 Å². The highest BCUT2D eigenvalue weighted by Crippen LogP contribution is 2.17. The standard InChI is InChI=1S/C28H30FN3O2S/c1-35-19-15-27-30-16-18-32(27)17-3-2-4-22-7-12-26(13-8-22)33-20-25-21-34-28(31-25)14-9-23-5-10-24(29)11-6-23/h5-14,16,18,21H,2-4,15,17,19-20H2,1H3/b14-9+. The molecule has 0 saturated heterocycles. The van der Waals surface area contributed by atoms with Crippen molar-refractivity contribution in [3.05, 3.63) is 102 Å². The zero-order valence-electron chi connectivity index (χ0n) is 19.9. The van der Waals surface area contributed by atoms with Crippen LogP contribution in [0.5, 0.6) is 5.75 Å². The molecule has 4 aromatic rings. The van der Waals surface area contributed by atoms with E-state index in [1.165, 1.54) is 23.5 Å². The third-order valence-electron chi connectivity index (χ3n) is 5.61. The van der Waals surface area contributed by atoms with Crippen molar-refractivity contribution in [2.45, 2.75) is 38.8 Å². The van der Waals surface area contributed by atoms with Crippen LogP contribution in [0.4, 0.5) is 4.39 Å². The zero-order chi connectivity index (χ0) is 24.3. The molecule has 0 radical (unpaired) electrons. The molecular weight excluding hydrogens is 461 g/mol. The molecule has 0 aliphatic rings. The van der Waals surface area contributed by atoms with Gasteiger partial charge in [0.1, 0.15) is 36.0 Å². The van der Waals surface area contributed by atoms with Gasteiger partial charge in [-0.05, 0) is 67.0 Å². The lowest BCUT2D eigenvalue weighted by Gasteiger charge is -2.08. The molecule has 35 heavy (non-hydrogen) atoms. The molecule has 0 fully saturated rings. The smallest absolute Gasteiger partial charge is 0.218 e. The van der Waals surface area contributed by atoms with E-state index in [1.807, 2.05) is 36.2 Å². The monoisotopic (exact) mass is 491 g/mol. The van der Waals surface area contributed by atoms with Crippen LogP contribution in [0, 0.1) is 5.82 Å². The van der Waals surface area contributed by atoms with Gasteiger partial charge in [0.25, 0.3) is 0 Å². The molecule has 0 spiro atoms. The van der Waals surface area contributed by atoms with Crippen molar-refractivity contribution in [1.29, 1.82) is 0 Å². The summed E-state index contributed by atoms with van der Waals surface area (Å²) in [5, 5.41) is 0. The van der Waals surface area contributed by atoms with E-state index in [0.717, 1.165) is 49.3 Å². The highest BCUT2D eigenvalue weighted by Gasteiger charge is 2.05. The number of aromatic nitrogens is 3. The molecule has 2 aromatic heterocycles. The largest absolute Gasteiger partial charge is 0.487 e. The fraction of sp³-hybridized carbons (Fsp3) is 0.286. The number of hydrogen-bond donors (Lipinski definition) is 0.